The fourth-order valence-corrected chi connectivity index (χ4v) is 4.22. The first-order valence-corrected chi connectivity index (χ1v) is 12.4. The number of aryl methyl sites for hydroxylation is 1. The lowest BCUT2D eigenvalue weighted by Crippen LogP contribution is -2.46. The quantitative estimate of drug-likeness (QED) is 0.567. The summed E-state index contributed by atoms with van der Waals surface area (Å²) < 4.78 is 11.7. The monoisotopic (exact) mass is 456 g/mol. The van der Waals surface area contributed by atoms with Crippen LogP contribution in [0.25, 0.3) is 0 Å². The third kappa shape index (κ3) is 6.19. The van der Waals surface area contributed by atoms with Crippen molar-refractivity contribution in [3.05, 3.63) is 58.7 Å². The highest BCUT2D eigenvalue weighted by molar-refractivity contribution is 7.98. The zero-order valence-corrected chi connectivity index (χ0v) is 20.0. The Bertz CT molecular complexity index is 963. The van der Waals surface area contributed by atoms with Gasteiger partial charge in [-0.3, -0.25) is 9.59 Å². The second-order valence-electron chi connectivity index (χ2n) is 8.03. The average molecular weight is 457 g/mol. The maximum absolute atomic E-state index is 13.0. The number of benzene rings is 2. The first-order chi connectivity index (χ1) is 15.4. The largest absolute Gasteiger partial charge is 0.494 e. The maximum atomic E-state index is 13.0. The van der Waals surface area contributed by atoms with Gasteiger partial charge in [0.15, 0.2) is 0 Å². The number of carbonyl (C=O) groups excluding carboxylic acids is 2. The van der Waals surface area contributed by atoms with Crippen molar-refractivity contribution in [2.75, 3.05) is 18.6 Å². The van der Waals surface area contributed by atoms with Crippen LogP contribution in [-0.4, -0.2) is 42.6 Å². The Labute approximate surface area is 194 Å². The van der Waals surface area contributed by atoms with Crippen LogP contribution < -0.4 is 20.1 Å². The number of hydrogen-bond donors (Lipinski definition) is 2. The van der Waals surface area contributed by atoms with Crippen molar-refractivity contribution in [3.63, 3.8) is 0 Å². The first-order valence-electron chi connectivity index (χ1n) is 11.0. The molecular formula is C25H32N2O4S. The summed E-state index contributed by atoms with van der Waals surface area (Å²) in [7, 11) is 0. The van der Waals surface area contributed by atoms with Gasteiger partial charge in [-0.15, -0.1) is 0 Å². The lowest BCUT2D eigenvalue weighted by Gasteiger charge is -2.19. The van der Waals surface area contributed by atoms with Gasteiger partial charge < -0.3 is 20.1 Å². The summed E-state index contributed by atoms with van der Waals surface area (Å²) in [5.74, 6) is 1.91. The van der Waals surface area contributed by atoms with Gasteiger partial charge in [0.2, 0.25) is 5.91 Å². The normalized spacial score (nSPS) is 15.4. The van der Waals surface area contributed by atoms with Gasteiger partial charge in [-0.25, -0.2) is 0 Å². The molecule has 1 aliphatic heterocycles. The van der Waals surface area contributed by atoms with E-state index in [-0.39, 0.29) is 17.9 Å². The van der Waals surface area contributed by atoms with Gasteiger partial charge in [-0.05, 0) is 63.5 Å². The molecule has 2 aromatic rings. The standard InChI is InChI=1S/C25H32N2O4S/c1-5-30-22-13-19-12-17(3)31-23(19)14-20(22)15-26-25(29)21(9-10-32-4)27-24(28)18-8-6-7-16(2)11-18/h6-8,11,13-14,17,21H,5,9-10,12,15H2,1-4H3,(H,26,29)(H,27,28)/t17-,21-/m0/s1. The van der Waals surface area contributed by atoms with E-state index < -0.39 is 6.04 Å². The smallest absolute Gasteiger partial charge is 0.251 e. The van der Waals surface area contributed by atoms with Crippen LogP contribution in [0.2, 0.25) is 0 Å². The molecular weight excluding hydrogens is 424 g/mol. The molecule has 1 heterocycles. The number of nitrogens with one attached hydrogen (secondary N) is 2. The van der Waals surface area contributed by atoms with Crippen LogP contribution in [-0.2, 0) is 17.8 Å². The molecule has 0 aliphatic carbocycles. The summed E-state index contributed by atoms with van der Waals surface area (Å²) in [6.07, 6.45) is 3.52. The van der Waals surface area contributed by atoms with Crippen molar-refractivity contribution in [3.8, 4) is 11.5 Å². The van der Waals surface area contributed by atoms with Gasteiger partial charge in [-0.2, -0.15) is 11.8 Å². The summed E-state index contributed by atoms with van der Waals surface area (Å²) in [5.41, 5.74) is 3.54. The van der Waals surface area contributed by atoms with Gasteiger partial charge >= 0.3 is 0 Å². The Kier molecular flexibility index (Phi) is 8.45. The summed E-state index contributed by atoms with van der Waals surface area (Å²) in [6, 6.07) is 10.7. The zero-order valence-electron chi connectivity index (χ0n) is 19.2. The fraction of sp³-hybridized carbons (Fsp3) is 0.440. The Hall–Kier alpha value is -2.67. The highest BCUT2D eigenvalue weighted by Crippen LogP contribution is 2.35. The van der Waals surface area contributed by atoms with Crippen LogP contribution in [0.1, 0.15) is 47.3 Å². The number of carbonyl (C=O) groups is 2. The summed E-state index contributed by atoms with van der Waals surface area (Å²) >= 11 is 1.64. The molecule has 0 spiro atoms. The molecule has 0 aromatic heterocycles. The topological polar surface area (TPSA) is 76.7 Å². The molecule has 2 atom stereocenters. The van der Waals surface area contributed by atoms with Crippen LogP contribution in [0.5, 0.6) is 11.5 Å². The van der Waals surface area contributed by atoms with Crippen molar-refractivity contribution in [2.45, 2.75) is 52.3 Å². The molecule has 32 heavy (non-hydrogen) atoms. The van der Waals surface area contributed by atoms with E-state index in [9.17, 15) is 9.59 Å². The molecule has 0 unspecified atom stereocenters. The van der Waals surface area contributed by atoms with Crippen LogP contribution in [0, 0.1) is 6.92 Å². The van der Waals surface area contributed by atoms with Crippen molar-refractivity contribution in [2.24, 2.45) is 0 Å². The van der Waals surface area contributed by atoms with Crippen LogP contribution in [0.4, 0.5) is 0 Å². The van der Waals surface area contributed by atoms with E-state index in [1.54, 1.807) is 17.8 Å². The fourth-order valence-electron chi connectivity index (χ4n) is 3.75. The second-order valence-corrected chi connectivity index (χ2v) is 9.01. The van der Waals surface area contributed by atoms with Gasteiger partial charge in [0.05, 0.1) is 6.61 Å². The van der Waals surface area contributed by atoms with E-state index >= 15 is 0 Å². The van der Waals surface area contributed by atoms with Crippen molar-refractivity contribution >= 4 is 23.6 Å². The summed E-state index contributed by atoms with van der Waals surface area (Å²) in [5, 5.41) is 5.88. The van der Waals surface area contributed by atoms with Crippen molar-refractivity contribution in [1.29, 1.82) is 0 Å². The van der Waals surface area contributed by atoms with Crippen LogP contribution in [0.3, 0.4) is 0 Å². The molecule has 2 N–H and O–H groups in total. The number of amides is 2. The Morgan fingerprint density at radius 1 is 1.28 bits per heavy atom. The molecule has 0 fully saturated rings. The van der Waals surface area contributed by atoms with Gasteiger partial charge in [0.1, 0.15) is 23.6 Å². The van der Waals surface area contributed by atoms with Gasteiger partial charge in [-0.1, -0.05) is 17.7 Å². The molecule has 2 aromatic carbocycles. The molecule has 1 aliphatic rings. The molecule has 3 rings (SSSR count). The van der Waals surface area contributed by atoms with Crippen molar-refractivity contribution < 1.29 is 19.1 Å². The number of rotatable bonds is 10. The summed E-state index contributed by atoms with van der Waals surface area (Å²) in [4.78, 5) is 25.7. The number of thioether (sulfide) groups is 1. The van der Waals surface area contributed by atoms with Gasteiger partial charge in [0, 0.05) is 29.7 Å². The third-order valence-corrected chi connectivity index (χ3v) is 5.99. The number of fused-ring (bicyclic) bond motifs is 1. The maximum Gasteiger partial charge on any atom is 0.251 e. The molecule has 172 valence electrons. The molecule has 6 nitrogen and oxygen atoms in total. The molecule has 0 saturated carbocycles. The Morgan fingerprint density at radius 2 is 2.09 bits per heavy atom. The average Bonchev–Trinajstić information content (AvgIpc) is 3.13. The summed E-state index contributed by atoms with van der Waals surface area (Å²) in [6.45, 7) is 6.75. The molecule has 0 radical (unpaired) electrons. The van der Waals surface area contributed by atoms with E-state index in [0.29, 0.717) is 25.1 Å². The van der Waals surface area contributed by atoms with E-state index in [4.69, 9.17) is 9.47 Å². The SMILES string of the molecule is CCOc1cc2c(cc1CNC(=O)[C@H](CCSC)NC(=O)c1cccc(C)c1)O[C@@H](C)C2. The molecule has 7 heteroatoms. The predicted octanol–water partition coefficient (Wildman–Crippen LogP) is 3.89. The first kappa shape index (κ1) is 24.0. The lowest BCUT2D eigenvalue weighted by molar-refractivity contribution is -0.123. The highest BCUT2D eigenvalue weighted by Gasteiger charge is 2.24. The minimum Gasteiger partial charge on any atom is -0.494 e. The van der Waals surface area contributed by atoms with E-state index in [2.05, 4.69) is 10.6 Å². The van der Waals surface area contributed by atoms with Gasteiger partial charge in [0.25, 0.3) is 5.91 Å². The molecule has 0 saturated heterocycles. The van der Waals surface area contributed by atoms with Crippen LogP contribution >= 0.6 is 11.8 Å². The zero-order chi connectivity index (χ0) is 23.1. The van der Waals surface area contributed by atoms with E-state index in [1.165, 1.54) is 0 Å². The highest BCUT2D eigenvalue weighted by atomic mass is 32.2. The Balaban J connectivity index is 1.70. The minimum atomic E-state index is -0.614. The second kappa shape index (κ2) is 11.3. The van der Waals surface area contributed by atoms with E-state index in [1.807, 2.05) is 57.4 Å². The number of ether oxygens (including phenoxy) is 2. The Morgan fingerprint density at radius 3 is 2.81 bits per heavy atom. The minimum absolute atomic E-state index is 0.136. The number of hydrogen-bond acceptors (Lipinski definition) is 5. The molecule has 0 bridgehead atoms. The predicted molar refractivity (Wildman–Crippen MR) is 129 cm³/mol. The molecule has 2 amide bonds. The van der Waals surface area contributed by atoms with E-state index in [0.717, 1.165) is 40.4 Å². The van der Waals surface area contributed by atoms with Crippen molar-refractivity contribution in [1.82, 2.24) is 10.6 Å². The van der Waals surface area contributed by atoms with Crippen LogP contribution in [0.15, 0.2) is 36.4 Å². The third-order valence-electron chi connectivity index (χ3n) is 5.34. The lowest BCUT2D eigenvalue weighted by atomic mass is 10.1.